The Morgan fingerprint density at radius 3 is 2.62 bits per heavy atom. The van der Waals surface area contributed by atoms with Gasteiger partial charge in [-0.2, -0.15) is 0 Å². The van der Waals surface area contributed by atoms with Crippen LogP contribution in [0.2, 0.25) is 10.0 Å². The summed E-state index contributed by atoms with van der Waals surface area (Å²) in [6, 6.07) is 4.86. The molecule has 2 rings (SSSR count). The van der Waals surface area contributed by atoms with E-state index in [1.807, 2.05) is 0 Å². The van der Waals surface area contributed by atoms with Crippen molar-refractivity contribution in [3.63, 3.8) is 0 Å². The van der Waals surface area contributed by atoms with Crippen LogP contribution in [0.5, 0.6) is 0 Å². The summed E-state index contributed by atoms with van der Waals surface area (Å²) < 4.78 is 0. The van der Waals surface area contributed by atoms with Crippen molar-refractivity contribution in [1.29, 1.82) is 0 Å². The standard InChI is InChI=1S/C14H16Cl2N2O3/c1-8(19)6-17-14(21)9-2-13(20)18(7-9)12-4-10(15)3-11(16)5-12/h3-5,8-9,19H,2,6-7H2,1H3,(H,17,21). The quantitative estimate of drug-likeness (QED) is 0.885. The Balaban J connectivity index is 2.07. The smallest absolute Gasteiger partial charge is 0.227 e. The molecule has 1 aliphatic heterocycles. The number of hydrogen-bond acceptors (Lipinski definition) is 3. The van der Waals surface area contributed by atoms with Gasteiger partial charge >= 0.3 is 0 Å². The third-order valence-electron chi connectivity index (χ3n) is 3.23. The summed E-state index contributed by atoms with van der Waals surface area (Å²) >= 11 is 11.9. The van der Waals surface area contributed by atoms with E-state index in [0.29, 0.717) is 15.7 Å². The molecule has 1 saturated heterocycles. The van der Waals surface area contributed by atoms with Crippen LogP contribution in [0, 0.1) is 5.92 Å². The highest BCUT2D eigenvalue weighted by Crippen LogP contribution is 2.30. The molecule has 21 heavy (non-hydrogen) atoms. The molecular formula is C14H16Cl2N2O3. The molecular weight excluding hydrogens is 315 g/mol. The summed E-state index contributed by atoms with van der Waals surface area (Å²) in [4.78, 5) is 25.5. The lowest BCUT2D eigenvalue weighted by atomic mass is 10.1. The Labute approximate surface area is 132 Å². The zero-order valence-corrected chi connectivity index (χ0v) is 13.0. The number of benzene rings is 1. The van der Waals surface area contributed by atoms with E-state index in [1.165, 1.54) is 4.90 Å². The monoisotopic (exact) mass is 330 g/mol. The lowest BCUT2D eigenvalue weighted by Gasteiger charge is -2.17. The van der Waals surface area contributed by atoms with Gasteiger partial charge in [-0.1, -0.05) is 23.2 Å². The number of nitrogens with zero attached hydrogens (tertiary/aromatic N) is 1. The minimum Gasteiger partial charge on any atom is -0.392 e. The SMILES string of the molecule is CC(O)CNC(=O)C1CC(=O)N(c2cc(Cl)cc(Cl)c2)C1. The third kappa shape index (κ3) is 4.09. The molecule has 1 fully saturated rings. The molecule has 0 bridgehead atoms. The maximum absolute atomic E-state index is 12.1. The summed E-state index contributed by atoms with van der Waals surface area (Å²) in [6.45, 7) is 2.04. The van der Waals surface area contributed by atoms with Crippen LogP contribution in [0.1, 0.15) is 13.3 Å². The van der Waals surface area contributed by atoms with Gasteiger partial charge in [0.2, 0.25) is 11.8 Å². The predicted molar refractivity (Wildman–Crippen MR) is 81.6 cm³/mol. The number of aliphatic hydroxyl groups is 1. The van der Waals surface area contributed by atoms with E-state index in [1.54, 1.807) is 25.1 Å². The van der Waals surface area contributed by atoms with E-state index < -0.39 is 12.0 Å². The molecule has 1 aromatic carbocycles. The van der Waals surface area contributed by atoms with E-state index in [0.717, 1.165) is 0 Å². The maximum Gasteiger partial charge on any atom is 0.227 e. The first-order valence-electron chi connectivity index (χ1n) is 6.59. The second-order valence-corrected chi connectivity index (χ2v) is 6.00. The highest BCUT2D eigenvalue weighted by molar-refractivity contribution is 6.35. The number of carbonyl (C=O) groups is 2. The molecule has 114 valence electrons. The number of aliphatic hydroxyl groups excluding tert-OH is 1. The minimum atomic E-state index is -0.617. The second kappa shape index (κ2) is 6.64. The number of anilines is 1. The van der Waals surface area contributed by atoms with Crippen molar-refractivity contribution in [3.05, 3.63) is 28.2 Å². The van der Waals surface area contributed by atoms with Crippen molar-refractivity contribution < 1.29 is 14.7 Å². The lowest BCUT2D eigenvalue weighted by molar-refractivity contribution is -0.126. The summed E-state index contributed by atoms with van der Waals surface area (Å²) in [5.41, 5.74) is 0.586. The van der Waals surface area contributed by atoms with Gasteiger partial charge in [0.25, 0.3) is 0 Å². The lowest BCUT2D eigenvalue weighted by Crippen LogP contribution is -2.36. The van der Waals surface area contributed by atoms with Gasteiger partial charge in [-0.25, -0.2) is 0 Å². The summed E-state index contributed by atoms with van der Waals surface area (Å²) in [7, 11) is 0. The average Bonchev–Trinajstić information content (AvgIpc) is 2.77. The highest BCUT2D eigenvalue weighted by Gasteiger charge is 2.35. The second-order valence-electron chi connectivity index (χ2n) is 5.13. The van der Waals surface area contributed by atoms with Crippen LogP contribution in [-0.4, -0.2) is 36.1 Å². The molecule has 2 N–H and O–H groups in total. The molecule has 0 saturated carbocycles. The van der Waals surface area contributed by atoms with E-state index in [2.05, 4.69) is 5.32 Å². The Bertz CT molecular complexity index is 543. The van der Waals surface area contributed by atoms with Gasteiger partial charge in [-0.3, -0.25) is 9.59 Å². The van der Waals surface area contributed by atoms with Crippen LogP contribution in [-0.2, 0) is 9.59 Å². The van der Waals surface area contributed by atoms with E-state index in [4.69, 9.17) is 28.3 Å². The fraction of sp³-hybridized carbons (Fsp3) is 0.429. The largest absolute Gasteiger partial charge is 0.392 e. The number of halogens is 2. The van der Waals surface area contributed by atoms with E-state index in [9.17, 15) is 9.59 Å². The molecule has 2 atom stereocenters. The van der Waals surface area contributed by atoms with Gasteiger partial charge in [0.05, 0.1) is 12.0 Å². The van der Waals surface area contributed by atoms with Crippen LogP contribution < -0.4 is 10.2 Å². The molecule has 5 nitrogen and oxygen atoms in total. The van der Waals surface area contributed by atoms with E-state index in [-0.39, 0.29) is 31.3 Å². The van der Waals surface area contributed by atoms with Gasteiger partial charge < -0.3 is 15.3 Å². The Morgan fingerprint density at radius 1 is 1.43 bits per heavy atom. The predicted octanol–water partition coefficient (Wildman–Crippen LogP) is 1.84. The van der Waals surface area contributed by atoms with Crippen LogP contribution in [0.25, 0.3) is 0 Å². The average molecular weight is 331 g/mol. The molecule has 0 spiro atoms. The maximum atomic E-state index is 12.1. The summed E-state index contributed by atoms with van der Waals surface area (Å²) in [5.74, 6) is -0.820. The van der Waals surface area contributed by atoms with Crippen LogP contribution >= 0.6 is 23.2 Å². The van der Waals surface area contributed by atoms with Crippen molar-refractivity contribution in [3.8, 4) is 0 Å². The molecule has 2 amide bonds. The van der Waals surface area contributed by atoms with Crippen LogP contribution in [0.15, 0.2) is 18.2 Å². The number of carbonyl (C=O) groups excluding carboxylic acids is 2. The first-order chi connectivity index (χ1) is 9.86. The Morgan fingerprint density at radius 2 is 2.05 bits per heavy atom. The van der Waals surface area contributed by atoms with Crippen LogP contribution in [0.4, 0.5) is 5.69 Å². The normalized spacial score (nSPS) is 19.7. The van der Waals surface area contributed by atoms with Crippen molar-refractivity contribution in [1.82, 2.24) is 5.32 Å². The fourth-order valence-corrected chi connectivity index (χ4v) is 2.74. The zero-order chi connectivity index (χ0) is 15.6. The third-order valence-corrected chi connectivity index (χ3v) is 3.66. The molecule has 2 unspecified atom stereocenters. The van der Waals surface area contributed by atoms with Gasteiger partial charge in [0.1, 0.15) is 0 Å². The van der Waals surface area contributed by atoms with Crippen molar-refractivity contribution >= 4 is 40.7 Å². The van der Waals surface area contributed by atoms with Crippen molar-refractivity contribution in [2.45, 2.75) is 19.4 Å². The number of hydrogen-bond donors (Lipinski definition) is 2. The first kappa shape index (κ1) is 16.1. The van der Waals surface area contributed by atoms with Crippen molar-refractivity contribution in [2.24, 2.45) is 5.92 Å². The number of nitrogens with one attached hydrogen (secondary N) is 1. The van der Waals surface area contributed by atoms with Crippen LogP contribution in [0.3, 0.4) is 0 Å². The van der Waals surface area contributed by atoms with E-state index >= 15 is 0 Å². The summed E-state index contributed by atoms with van der Waals surface area (Å²) in [5, 5.41) is 12.7. The molecule has 0 radical (unpaired) electrons. The molecule has 0 aromatic heterocycles. The van der Waals surface area contributed by atoms with Gasteiger partial charge in [0.15, 0.2) is 0 Å². The molecule has 7 heteroatoms. The zero-order valence-electron chi connectivity index (χ0n) is 11.5. The number of amides is 2. The first-order valence-corrected chi connectivity index (χ1v) is 7.34. The van der Waals surface area contributed by atoms with Gasteiger partial charge in [0, 0.05) is 35.2 Å². The summed E-state index contributed by atoms with van der Waals surface area (Å²) in [6.07, 6.45) is -0.482. The molecule has 0 aliphatic carbocycles. The minimum absolute atomic E-state index is 0.135. The highest BCUT2D eigenvalue weighted by atomic mass is 35.5. The van der Waals surface area contributed by atoms with Gasteiger partial charge in [-0.05, 0) is 25.1 Å². The molecule has 1 aliphatic rings. The van der Waals surface area contributed by atoms with Crippen molar-refractivity contribution in [2.75, 3.05) is 18.0 Å². The number of rotatable bonds is 4. The fourth-order valence-electron chi connectivity index (χ4n) is 2.22. The molecule has 1 aromatic rings. The molecule has 1 heterocycles. The Kier molecular flexibility index (Phi) is 5.08. The Hall–Kier alpha value is -1.30. The van der Waals surface area contributed by atoms with Gasteiger partial charge in [-0.15, -0.1) is 0 Å². The topological polar surface area (TPSA) is 69.6 Å².